The van der Waals surface area contributed by atoms with E-state index in [9.17, 15) is 0 Å². The minimum Gasteiger partial charge on any atom is -0.496 e. The van der Waals surface area contributed by atoms with Gasteiger partial charge in [0.25, 0.3) is 0 Å². The number of nitrogens with zero attached hydrogens (tertiary/aromatic N) is 1. The Morgan fingerprint density at radius 3 is 2.80 bits per heavy atom. The van der Waals surface area contributed by atoms with Gasteiger partial charge in [0.1, 0.15) is 5.75 Å². The number of rotatable bonds is 4. The maximum absolute atomic E-state index is 5.47. The monoisotopic (exact) mass is 276 g/mol. The number of aryl methyl sites for hydroxylation is 1. The standard InChI is InChI=1S/C17H28N2O/c1-12-10-19-15(13(2)16(12)20-5)11-18-14-7-6-8-17(3,4)9-14/h10,14,18H,6-9,11H2,1-5H3. The van der Waals surface area contributed by atoms with E-state index in [1.807, 2.05) is 13.1 Å². The molecule has 2 rings (SSSR count). The first-order chi connectivity index (χ1) is 9.43. The van der Waals surface area contributed by atoms with Crippen LogP contribution in [0.25, 0.3) is 0 Å². The maximum atomic E-state index is 5.47. The van der Waals surface area contributed by atoms with Gasteiger partial charge in [-0.3, -0.25) is 4.98 Å². The zero-order chi connectivity index (χ0) is 14.8. The molecule has 1 aromatic rings. The fourth-order valence-corrected chi connectivity index (χ4v) is 3.36. The molecular weight excluding hydrogens is 248 g/mol. The number of ether oxygens (including phenoxy) is 1. The van der Waals surface area contributed by atoms with Crippen molar-refractivity contribution in [3.63, 3.8) is 0 Å². The van der Waals surface area contributed by atoms with Crippen LogP contribution in [0.15, 0.2) is 6.20 Å². The van der Waals surface area contributed by atoms with Gasteiger partial charge in [-0.25, -0.2) is 0 Å². The van der Waals surface area contributed by atoms with Crippen molar-refractivity contribution in [3.05, 3.63) is 23.0 Å². The summed E-state index contributed by atoms with van der Waals surface area (Å²) in [5.74, 6) is 0.973. The minimum absolute atomic E-state index is 0.476. The molecule has 0 saturated heterocycles. The third kappa shape index (κ3) is 3.51. The summed E-state index contributed by atoms with van der Waals surface area (Å²) < 4.78 is 5.47. The molecule has 0 aromatic carbocycles. The summed E-state index contributed by atoms with van der Waals surface area (Å²) in [6, 6.07) is 0.618. The van der Waals surface area contributed by atoms with Gasteiger partial charge in [0.2, 0.25) is 0 Å². The molecule has 1 aromatic heterocycles. The zero-order valence-electron chi connectivity index (χ0n) is 13.5. The average molecular weight is 276 g/mol. The average Bonchev–Trinajstić information content (AvgIpc) is 2.37. The summed E-state index contributed by atoms with van der Waals surface area (Å²) in [6.07, 6.45) is 7.13. The van der Waals surface area contributed by atoms with Gasteiger partial charge in [0.05, 0.1) is 12.8 Å². The first-order valence-corrected chi connectivity index (χ1v) is 7.65. The van der Waals surface area contributed by atoms with Crippen LogP contribution in [-0.2, 0) is 6.54 Å². The van der Waals surface area contributed by atoms with Crippen molar-refractivity contribution in [2.24, 2.45) is 5.41 Å². The Labute approximate surface area is 123 Å². The number of methoxy groups -OCH3 is 1. The van der Waals surface area contributed by atoms with Crippen LogP contribution in [0.2, 0.25) is 0 Å². The Bertz CT molecular complexity index is 468. The predicted molar refractivity (Wildman–Crippen MR) is 83.1 cm³/mol. The second-order valence-electron chi connectivity index (χ2n) is 6.88. The van der Waals surface area contributed by atoms with E-state index in [-0.39, 0.29) is 0 Å². The van der Waals surface area contributed by atoms with Crippen LogP contribution in [0.4, 0.5) is 0 Å². The molecule has 0 aliphatic heterocycles. The van der Waals surface area contributed by atoms with Gasteiger partial charge >= 0.3 is 0 Å². The summed E-state index contributed by atoms with van der Waals surface area (Å²) in [6.45, 7) is 9.72. The molecule has 1 atom stereocenters. The van der Waals surface area contributed by atoms with E-state index >= 15 is 0 Å². The van der Waals surface area contributed by atoms with Crippen molar-refractivity contribution < 1.29 is 4.74 Å². The summed E-state index contributed by atoms with van der Waals surface area (Å²) in [5.41, 5.74) is 3.85. The molecule has 0 bridgehead atoms. The SMILES string of the molecule is COc1c(C)cnc(CNC2CCCC(C)(C)C2)c1C. The summed E-state index contributed by atoms with van der Waals surface area (Å²) in [7, 11) is 1.73. The van der Waals surface area contributed by atoms with Crippen LogP contribution in [0.3, 0.4) is 0 Å². The van der Waals surface area contributed by atoms with Crippen molar-refractivity contribution >= 4 is 0 Å². The fourth-order valence-electron chi connectivity index (χ4n) is 3.36. The highest BCUT2D eigenvalue weighted by Crippen LogP contribution is 2.35. The molecule has 1 heterocycles. The molecular formula is C17H28N2O. The highest BCUT2D eigenvalue weighted by Gasteiger charge is 2.27. The lowest BCUT2D eigenvalue weighted by molar-refractivity contribution is 0.197. The lowest BCUT2D eigenvalue weighted by atomic mass is 9.75. The molecule has 1 aliphatic carbocycles. The predicted octanol–water partition coefficient (Wildman–Crippen LogP) is 3.77. The topological polar surface area (TPSA) is 34.1 Å². The van der Waals surface area contributed by atoms with E-state index in [0.717, 1.165) is 29.1 Å². The molecule has 1 N–H and O–H groups in total. The van der Waals surface area contributed by atoms with E-state index in [0.29, 0.717) is 11.5 Å². The number of aromatic nitrogens is 1. The van der Waals surface area contributed by atoms with Gasteiger partial charge in [0.15, 0.2) is 0 Å². The highest BCUT2D eigenvalue weighted by molar-refractivity contribution is 5.40. The van der Waals surface area contributed by atoms with Gasteiger partial charge < -0.3 is 10.1 Å². The molecule has 0 radical (unpaired) electrons. The van der Waals surface area contributed by atoms with Crippen molar-refractivity contribution in [2.75, 3.05) is 7.11 Å². The van der Waals surface area contributed by atoms with Crippen molar-refractivity contribution in [2.45, 2.75) is 66.0 Å². The smallest absolute Gasteiger partial charge is 0.128 e. The Morgan fingerprint density at radius 2 is 2.15 bits per heavy atom. The number of hydrogen-bond acceptors (Lipinski definition) is 3. The van der Waals surface area contributed by atoms with Crippen molar-refractivity contribution in [1.82, 2.24) is 10.3 Å². The van der Waals surface area contributed by atoms with Gasteiger partial charge in [-0.05, 0) is 38.5 Å². The number of nitrogens with one attached hydrogen (secondary N) is 1. The summed E-state index contributed by atoms with van der Waals surface area (Å²) >= 11 is 0. The molecule has 1 saturated carbocycles. The molecule has 1 unspecified atom stereocenters. The maximum Gasteiger partial charge on any atom is 0.128 e. The van der Waals surface area contributed by atoms with Gasteiger partial charge in [-0.1, -0.05) is 20.3 Å². The van der Waals surface area contributed by atoms with E-state index in [2.05, 4.69) is 31.1 Å². The Balaban J connectivity index is 2.01. The molecule has 1 fully saturated rings. The van der Waals surface area contributed by atoms with E-state index < -0.39 is 0 Å². The number of pyridine rings is 1. The van der Waals surface area contributed by atoms with Crippen molar-refractivity contribution in [1.29, 1.82) is 0 Å². The van der Waals surface area contributed by atoms with Crippen LogP contribution in [0.5, 0.6) is 5.75 Å². The van der Waals surface area contributed by atoms with Crippen molar-refractivity contribution in [3.8, 4) is 5.75 Å². The third-order valence-corrected chi connectivity index (χ3v) is 4.51. The van der Waals surface area contributed by atoms with E-state index in [4.69, 9.17) is 4.74 Å². The molecule has 0 amide bonds. The fraction of sp³-hybridized carbons (Fsp3) is 0.706. The Morgan fingerprint density at radius 1 is 1.40 bits per heavy atom. The van der Waals surface area contributed by atoms with Gasteiger partial charge in [-0.2, -0.15) is 0 Å². The quantitative estimate of drug-likeness (QED) is 0.909. The van der Waals surface area contributed by atoms with Crippen LogP contribution < -0.4 is 10.1 Å². The lowest BCUT2D eigenvalue weighted by Crippen LogP contribution is -2.37. The highest BCUT2D eigenvalue weighted by atomic mass is 16.5. The van der Waals surface area contributed by atoms with Crippen LogP contribution in [0, 0.1) is 19.3 Å². The molecule has 0 spiro atoms. The zero-order valence-corrected chi connectivity index (χ0v) is 13.5. The molecule has 3 heteroatoms. The molecule has 20 heavy (non-hydrogen) atoms. The van der Waals surface area contributed by atoms with Crippen LogP contribution in [-0.4, -0.2) is 18.1 Å². The minimum atomic E-state index is 0.476. The molecule has 1 aliphatic rings. The van der Waals surface area contributed by atoms with Crippen LogP contribution in [0.1, 0.15) is 56.4 Å². The van der Waals surface area contributed by atoms with Crippen LogP contribution >= 0.6 is 0 Å². The molecule has 3 nitrogen and oxygen atoms in total. The Kier molecular flexibility index (Phi) is 4.69. The number of hydrogen-bond donors (Lipinski definition) is 1. The normalized spacial score (nSPS) is 21.8. The second kappa shape index (κ2) is 6.13. The van der Waals surface area contributed by atoms with Gasteiger partial charge in [-0.15, -0.1) is 0 Å². The summed E-state index contributed by atoms with van der Waals surface area (Å²) in [5, 5.41) is 3.69. The molecule has 112 valence electrons. The summed E-state index contributed by atoms with van der Waals surface area (Å²) in [4.78, 5) is 4.56. The van der Waals surface area contributed by atoms with Gasteiger partial charge in [0, 0.05) is 29.9 Å². The van der Waals surface area contributed by atoms with E-state index in [1.54, 1.807) is 7.11 Å². The van der Waals surface area contributed by atoms with E-state index in [1.165, 1.54) is 25.7 Å². The Hall–Kier alpha value is -1.09. The first-order valence-electron chi connectivity index (χ1n) is 7.65. The largest absolute Gasteiger partial charge is 0.496 e. The second-order valence-corrected chi connectivity index (χ2v) is 6.88. The lowest BCUT2D eigenvalue weighted by Gasteiger charge is -2.35. The first kappa shape index (κ1) is 15.3. The third-order valence-electron chi connectivity index (χ3n) is 4.51.